The highest BCUT2D eigenvalue weighted by atomic mass is 35.5. The molecule has 0 unspecified atom stereocenters. The molecule has 1 aromatic carbocycles. The number of hydrogen-bond donors (Lipinski definition) is 2. The van der Waals surface area contributed by atoms with E-state index in [2.05, 4.69) is 5.32 Å². The van der Waals surface area contributed by atoms with Crippen LogP contribution in [0.3, 0.4) is 0 Å². The number of nitrogens with one attached hydrogen (secondary N) is 1. The molecule has 1 aromatic rings. The quantitative estimate of drug-likeness (QED) is 0.813. The maximum Gasteiger partial charge on any atom is 0.238 e. The third kappa shape index (κ3) is 4.73. The van der Waals surface area contributed by atoms with Crippen LogP contribution >= 0.6 is 11.6 Å². The van der Waals surface area contributed by atoms with E-state index in [1.807, 2.05) is 24.0 Å². The van der Waals surface area contributed by atoms with Gasteiger partial charge in [0.25, 0.3) is 0 Å². The summed E-state index contributed by atoms with van der Waals surface area (Å²) in [5.41, 5.74) is 0.610. The van der Waals surface area contributed by atoms with Crippen molar-refractivity contribution >= 4 is 23.2 Å². The number of para-hydroxylation sites is 1. The number of carbonyl (C=O) groups excluding carboxylic acids is 1. The van der Waals surface area contributed by atoms with Gasteiger partial charge in [0.15, 0.2) is 0 Å². The van der Waals surface area contributed by atoms with E-state index in [4.69, 9.17) is 16.7 Å². The first-order chi connectivity index (χ1) is 8.17. The summed E-state index contributed by atoms with van der Waals surface area (Å²) in [4.78, 5) is 13.6. The maximum absolute atomic E-state index is 11.7. The molecule has 0 fully saturated rings. The summed E-state index contributed by atoms with van der Waals surface area (Å²) in [5, 5.41) is 12.1. The SMILES string of the molecule is CCN(CCO)CC(=O)Nc1ccccc1Cl. The Kier molecular flexibility index (Phi) is 5.97. The molecule has 0 bridgehead atoms. The van der Waals surface area contributed by atoms with Crippen LogP contribution < -0.4 is 5.32 Å². The molecule has 0 aromatic heterocycles. The van der Waals surface area contributed by atoms with Gasteiger partial charge < -0.3 is 10.4 Å². The summed E-state index contributed by atoms with van der Waals surface area (Å²) in [6.07, 6.45) is 0. The standard InChI is InChI=1S/C12H17ClN2O2/c1-2-15(7-8-16)9-12(17)14-11-6-4-3-5-10(11)13/h3-6,16H,2,7-9H2,1H3,(H,14,17). The topological polar surface area (TPSA) is 52.6 Å². The van der Waals surface area contributed by atoms with Crippen LogP contribution in [0.4, 0.5) is 5.69 Å². The van der Waals surface area contributed by atoms with Crippen molar-refractivity contribution in [2.24, 2.45) is 0 Å². The normalized spacial score (nSPS) is 10.6. The fraction of sp³-hybridized carbons (Fsp3) is 0.417. The van der Waals surface area contributed by atoms with Crippen molar-refractivity contribution in [1.82, 2.24) is 4.90 Å². The lowest BCUT2D eigenvalue weighted by Crippen LogP contribution is -2.35. The van der Waals surface area contributed by atoms with Crippen LogP contribution in [0.5, 0.6) is 0 Å². The molecule has 4 nitrogen and oxygen atoms in total. The van der Waals surface area contributed by atoms with E-state index < -0.39 is 0 Å². The number of halogens is 1. The monoisotopic (exact) mass is 256 g/mol. The predicted molar refractivity (Wildman–Crippen MR) is 69.3 cm³/mol. The average Bonchev–Trinajstić information content (AvgIpc) is 2.31. The molecule has 17 heavy (non-hydrogen) atoms. The lowest BCUT2D eigenvalue weighted by molar-refractivity contribution is -0.117. The second-order valence-electron chi connectivity index (χ2n) is 3.62. The summed E-state index contributed by atoms with van der Waals surface area (Å²) in [7, 11) is 0. The molecule has 1 rings (SSSR count). The minimum atomic E-state index is -0.131. The van der Waals surface area contributed by atoms with Gasteiger partial charge in [0.2, 0.25) is 5.91 Å². The molecular weight excluding hydrogens is 240 g/mol. The molecule has 0 heterocycles. The number of aliphatic hydroxyl groups excluding tert-OH is 1. The highest BCUT2D eigenvalue weighted by Crippen LogP contribution is 2.20. The van der Waals surface area contributed by atoms with Gasteiger partial charge in [0.1, 0.15) is 0 Å². The summed E-state index contributed by atoms with van der Waals surface area (Å²) in [6.45, 7) is 3.46. The Bertz CT molecular complexity index is 371. The van der Waals surface area contributed by atoms with Gasteiger partial charge in [-0.2, -0.15) is 0 Å². The first-order valence-corrected chi connectivity index (χ1v) is 5.92. The Morgan fingerprint density at radius 1 is 1.47 bits per heavy atom. The second kappa shape index (κ2) is 7.27. The van der Waals surface area contributed by atoms with Crippen LogP contribution in [0, 0.1) is 0 Å². The van der Waals surface area contributed by atoms with Crippen molar-refractivity contribution in [3.05, 3.63) is 29.3 Å². The number of anilines is 1. The molecule has 0 saturated carbocycles. The minimum absolute atomic E-state index is 0.0488. The Hall–Kier alpha value is -1.10. The molecule has 0 atom stereocenters. The number of likely N-dealkylation sites (N-methyl/N-ethyl adjacent to an activating group) is 1. The van der Waals surface area contributed by atoms with Gasteiger partial charge in [-0.3, -0.25) is 9.69 Å². The van der Waals surface area contributed by atoms with Crippen molar-refractivity contribution in [3.8, 4) is 0 Å². The number of rotatable bonds is 6. The van der Waals surface area contributed by atoms with E-state index in [0.717, 1.165) is 6.54 Å². The van der Waals surface area contributed by atoms with Crippen molar-refractivity contribution in [3.63, 3.8) is 0 Å². The van der Waals surface area contributed by atoms with Gasteiger partial charge in [-0.25, -0.2) is 0 Å². The number of hydrogen-bond acceptors (Lipinski definition) is 3. The lowest BCUT2D eigenvalue weighted by atomic mass is 10.3. The van der Waals surface area contributed by atoms with E-state index in [1.165, 1.54) is 0 Å². The van der Waals surface area contributed by atoms with Gasteiger partial charge in [-0.05, 0) is 18.7 Å². The largest absolute Gasteiger partial charge is 0.395 e. The molecule has 2 N–H and O–H groups in total. The number of nitrogens with zero attached hydrogens (tertiary/aromatic N) is 1. The van der Waals surface area contributed by atoms with Gasteiger partial charge in [-0.15, -0.1) is 0 Å². The highest BCUT2D eigenvalue weighted by molar-refractivity contribution is 6.33. The van der Waals surface area contributed by atoms with Gasteiger partial charge >= 0.3 is 0 Å². The zero-order valence-corrected chi connectivity index (χ0v) is 10.6. The van der Waals surface area contributed by atoms with Crippen LogP contribution in [0.2, 0.25) is 5.02 Å². The predicted octanol–water partition coefficient (Wildman–Crippen LogP) is 1.59. The van der Waals surface area contributed by atoms with Crippen LogP contribution in [0.1, 0.15) is 6.92 Å². The fourth-order valence-electron chi connectivity index (χ4n) is 1.45. The molecule has 0 saturated heterocycles. The number of carbonyl (C=O) groups is 1. The van der Waals surface area contributed by atoms with E-state index in [9.17, 15) is 4.79 Å². The van der Waals surface area contributed by atoms with E-state index in [0.29, 0.717) is 17.3 Å². The van der Waals surface area contributed by atoms with Gasteiger partial charge in [-0.1, -0.05) is 30.7 Å². The van der Waals surface area contributed by atoms with E-state index in [1.54, 1.807) is 12.1 Å². The molecule has 0 aliphatic rings. The molecule has 1 amide bonds. The van der Waals surface area contributed by atoms with Crippen molar-refractivity contribution < 1.29 is 9.90 Å². The summed E-state index contributed by atoms with van der Waals surface area (Å²) in [5.74, 6) is -0.131. The maximum atomic E-state index is 11.7. The molecule has 94 valence electrons. The molecule has 0 aliphatic carbocycles. The smallest absolute Gasteiger partial charge is 0.238 e. The van der Waals surface area contributed by atoms with E-state index in [-0.39, 0.29) is 19.1 Å². The lowest BCUT2D eigenvalue weighted by Gasteiger charge is -2.18. The minimum Gasteiger partial charge on any atom is -0.395 e. The van der Waals surface area contributed by atoms with Crippen LogP contribution in [0.15, 0.2) is 24.3 Å². The fourth-order valence-corrected chi connectivity index (χ4v) is 1.63. The van der Waals surface area contributed by atoms with Crippen molar-refractivity contribution in [2.45, 2.75) is 6.92 Å². The summed E-state index contributed by atoms with van der Waals surface area (Å²) >= 11 is 5.93. The van der Waals surface area contributed by atoms with Crippen LogP contribution in [-0.4, -0.2) is 42.2 Å². The summed E-state index contributed by atoms with van der Waals surface area (Å²) < 4.78 is 0. The number of amides is 1. The average molecular weight is 257 g/mol. The zero-order chi connectivity index (χ0) is 12.7. The molecule has 5 heteroatoms. The Balaban J connectivity index is 2.52. The van der Waals surface area contributed by atoms with Crippen LogP contribution in [-0.2, 0) is 4.79 Å². The third-order valence-electron chi connectivity index (χ3n) is 2.38. The third-order valence-corrected chi connectivity index (χ3v) is 2.71. The van der Waals surface area contributed by atoms with Gasteiger partial charge in [0.05, 0.1) is 23.9 Å². The first-order valence-electron chi connectivity index (χ1n) is 5.55. The van der Waals surface area contributed by atoms with Gasteiger partial charge in [0, 0.05) is 6.54 Å². The Morgan fingerprint density at radius 2 is 2.18 bits per heavy atom. The molecule has 0 radical (unpaired) electrons. The van der Waals surface area contributed by atoms with Crippen molar-refractivity contribution in [2.75, 3.05) is 31.6 Å². The van der Waals surface area contributed by atoms with E-state index >= 15 is 0 Å². The molecule has 0 aliphatic heterocycles. The Morgan fingerprint density at radius 3 is 2.76 bits per heavy atom. The zero-order valence-electron chi connectivity index (χ0n) is 9.82. The molecular formula is C12H17ClN2O2. The Labute approximate surface area is 106 Å². The second-order valence-corrected chi connectivity index (χ2v) is 4.03. The number of aliphatic hydroxyl groups is 1. The van der Waals surface area contributed by atoms with Crippen LogP contribution in [0.25, 0.3) is 0 Å². The highest BCUT2D eigenvalue weighted by Gasteiger charge is 2.09. The number of benzene rings is 1. The summed E-state index contributed by atoms with van der Waals surface area (Å²) in [6, 6.07) is 7.10. The molecule has 0 spiro atoms. The first kappa shape index (κ1) is 14.0. The van der Waals surface area contributed by atoms with Crippen molar-refractivity contribution in [1.29, 1.82) is 0 Å².